The molecule has 0 aliphatic heterocycles. The van der Waals surface area contributed by atoms with Crippen LogP contribution in [0.2, 0.25) is 0 Å². The standard InChI is InChI=1S/C14H21NO3/c1-4-18-12-7-5-11(6-8-12)13(17)15-9-14(2,3)10-16/h5-8,16H,4,9-10H2,1-3H3,(H,15,17). The highest BCUT2D eigenvalue weighted by molar-refractivity contribution is 5.94. The van der Waals surface area contributed by atoms with Gasteiger partial charge in [-0.3, -0.25) is 4.79 Å². The molecule has 1 aromatic carbocycles. The Kier molecular flexibility index (Phi) is 5.16. The maximum absolute atomic E-state index is 11.8. The van der Waals surface area contributed by atoms with Gasteiger partial charge in [-0.05, 0) is 31.2 Å². The summed E-state index contributed by atoms with van der Waals surface area (Å²) < 4.78 is 5.31. The van der Waals surface area contributed by atoms with E-state index in [2.05, 4.69) is 5.32 Å². The molecule has 0 radical (unpaired) electrons. The van der Waals surface area contributed by atoms with Crippen molar-refractivity contribution < 1.29 is 14.6 Å². The molecule has 18 heavy (non-hydrogen) atoms. The lowest BCUT2D eigenvalue weighted by molar-refractivity contribution is 0.0911. The first-order chi connectivity index (χ1) is 8.48. The maximum atomic E-state index is 11.8. The van der Waals surface area contributed by atoms with Crippen LogP contribution in [0.15, 0.2) is 24.3 Å². The van der Waals surface area contributed by atoms with E-state index in [4.69, 9.17) is 9.84 Å². The van der Waals surface area contributed by atoms with Crippen LogP contribution in [0.4, 0.5) is 0 Å². The Balaban J connectivity index is 2.56. The zero-order valence-electron chi connectivity index (χ0n) is 11.2. The zero-order chi connectivity index (χ0) is 13.6. The van der Waals surface area contributed by atoms with Crippen LogP contribution >= 0.6 is 0 Å². The van der Waals surface area contributed by atoms with Gasteiger partial charge in [0.05, 0.1) is 6.61 Å². The number of hydrogen-bond donors (Lipinski definition) is 2. The van der Waals surface area contributed by atoms with E-state index in [1.165, 1.54) is 0 Å². The van der Waals surface area contributed by atoms with Crippen LogP contribution in [-0.2, 0) is 0 Å². The number of aliphatic hydroxyl groups excluding tert-OH is 1. The highest BCUT2D eigenvalue weighted by Crippen LogP contribution is 2.14. The smallest absolute Gasteiger partial charge is 0.251 e. The van der Waals surface area contributed by atoms with Crippen LogP contribution in [0.1, 0.15) is 31.1 Å². The quantitative estimate of drug-likeness (QED) is 0.811. The minimum atomic E-state index is -0.305. The van der Waals surface area contributed by atoms with Gasteiger partial charge in [0.15, 0.2) is 0 Å². The van der Waals surface area contributed by atoms with Gasteiger partial charge < -0.3 is 15.2 Å². The average Bonchev–Trinajstić information content (AvgIpc) is 2.37. The molecule has 0 spiro atoms. The fourth-order valence-electron chi connectivity index (χ4n) is 1.35. The molecule has 0 aromatic heterocycles. The van der Waals surface area contributed by atoms with Crippen LogP contribution in [0, 0.1) is 5.41 Å². The Labute approximate surface area is 108 Å². The van der Waals surface area contributed by atoms with Gasteiger partial charge in [0.1, 0.15) is 5.75 Å². The monoisotopic (exact) mass is 251 g/mol. The zero-order valence-corrected chi connectivity index (χ0v) is 11.2. The molecule has 0 saturated carbocycles. The van der Waals surface area contributed by atoms with Gasteiger partial charge in [-0.2, -0.15) is 0 Å². The van der Waals surface area contributed by atoms with E-state index in [0.717, 1.165) is 5.75 Å². The van der Waals surface area contributed by atoms with E-state index < -0.39 is 0 Å². The Morgan fingerprint density at radius 2 is 1.94 bits per heavy atom. The minimum absolute atomic E-state index is 0.0383. The summed E-state index contributed by atoms with van der Waals surface area (Å²) in [5.74, 6) is 0.615. The van der Waals surface area contributed by atoms with Gasteiger partial charge >= 0.3 is 0 Å². The van der Waals surface area contributed by atoms with E-state index >= 15 is 0 Å². The fourth-order valence-corrected chi connectivity index (χ4v) is 1.35. The SMILES string of the molecule is CCOc1ccc(C(=O)NCC(C)(C)CO)cc1. The molecule has 0 heterocycles. The van der Waals surface area contributed by atoms with E-state index in [-0.39, 0.29) is 17.9 Å². The lowest BCUT2D eigenvalue weighted by Gasteiger charge is -2.21. The second kappa shape index (κ2) is 6.40. The second-order valence-corrected chi connectivity index (χ2v) is 4.96. The third-order valence-electron chi connectivity index (χ3n) is 2.58. The first-order valence-corrected chi connectivity index (χ1v) is 6.10. The van der Waals surface area contributed by atoms with Crippen molar-refractivity contribution in [2.24, 2.45) is 5.41 Å². The van der Waals surface area contributed by atoms with Crippen LogP contribution in [0.5, 0.6) is 5.75 Å². The predicted octanol–water partition coefficient (Wildman–Crippen LogP) is 1.83. The molecular formula is C14H21NO3. The van der Waals surface area contributed by atoms with Crippen LogP contribution < -0.4 is 10.1 Å². The lowest BCUT2D eigenvalue weighted by atomic mass is 9.95. The summed E-state index contributed by atoms with van der Waals surface area (Å²) in [7, 11) is 0. The normalized spacial score (nSPS) is 11.1. The van der Waals surface area contributed by atoms with Gasteiger partial charge in [0, 0.05) is 24.1 Å². The van der Waals surface area contributed by atoms with Crippen molar-refractivity contribution in [2.75, 3.05) is 19.8 Å². The highest BCUT2D eigenvalue weighted by Gasteiger charge is 2.17. The number of rotatable bonds is 6. The van der Waals surface area contributed by atoms with E-state index in [1.54, 1.807) is 24.3 Å². The summed E-state index contributed by atoms with van der Waals surface area (Å²) in [4.78, 5) is 11.8. The molecule has 0 aliphatic carbocycles. The third-order valence-corrected chi connectivity index (χ3v) is 2.58. The number of amides is 1. The van der Waals surface area contributed by atoms with Gasteiger partial charge in [0.25, 0.3) is 5.91 Å². The summed E-state index contributed by atoms with van der Waals surface area (Å²) in [6, 6.07) is 7.00. The number of ether oxygens (including phenoxy) is 1. The van der Waals surface area contributed by atoms with Crippen molar-refractivity contribution in [3.8, 4) is 5.75 Å². The molecule has 0 atom stereocenters. The van der Waals surface area contributed by atoms with E-state index in [9.17, 15) is 4.79 Å². The number of carbonyl (C=O) groups excluding carboxylic acids is 1. The minimum Gasteiger partial charge on any atom is -0.494 e. The molecule has 2 N–H and O–H groups in total. The summed E-state index contributed by atoms with van der Waals surface area (Å²) >= 11 is 0. The molecule has 100 valence electrons. The van der Waals surface area contributed by atoms with Crippen molar-refractivity contribution in [1.29, 1.82) is 0 Å². The second-order valence-electron chi connectivity index (χ2n) is 4.96. The molecule has 0 fully saturated rings. The first-order valence-electron chi connectivity index (χ1n) is 6.10. The Hall–Kier alpha value is -1.55. The van der Waals surface area contributed by atoms with Gasteiger partial charge in [0.2, 0.25) is 0 Å². The van der Waals surface area contributed by atoms with E-state index in [1.807, 2.05) is 20.8 Å². The van der Waals surface area contributed by atoms with Crippen LogP contribution in [-0.4, -0.2) is 30.8 Å². The predicted molar refractivity (Wildman–Crippen MR) is 70.8 cm³/mol. The molecule has 0 unspecified atom stereocenters. The summed E-state index contributed by atoms with van der Waals surface area (Å²) in [5.41, 5.74) is 0.285. The van der Waals surface area contributed by atoms with Crippen molar-refractivity contribution in [2.45, 2.75) is 20.8 Å². The van der Waals surface area contributed by atoms with Crippen LogP contribution in [0.25, 0.3) is 0 Å². The van der Waals surface area contributed by atoms with E-state index in [0.29, 0.717) is 18.7 Å². The number of aliphatic hydroxyl groups is 1. The van der Waals surface area contributed by atoms with Crippen LogP contribution in [0.3, 0.4) is 0 Å². The Morgan fingerprint density at radius 3 is 2.44 bits per heavy atom. The van der Waals surface area contributed by atoms with Gasteiger partial charge in [-0.15, -0.1) is 0 Å². The van der Waals surface area contributed by atoms with Gasteiger partial charge in [-0.25, -0.2) is 0 Å². The average molecular weight is 251 g/mol. The highest BCUT2D eigenvalue weighted by atomic mass is 16.5. The van der Waals surface area contributed by atoms with Crippen molar-refractivity contribution in [3.05, 3.63) is 29.8 Å². The summed E-state index contributed by atoms with van der Waals surface area (Å²) in [6.45, 7) is 6.79. The van der Waals surface area contributed by atoms with Crippen molar-refractivity contribution in [1.82, 2.24) is 5.32 Å². The molecular weight excluding hydrogens is 230 g/mol. The summed E-state index contributed by atoms with van der Waals surface area (Å²) in [6.07, 6.45) is 0. The Morgan fingerprint density at radius 1 is 1.33 bits per heavy atom. The number of carbonyl (C=O) groups is 1. The molecule has 0 saturated heterocycles. The lowest BCUT2D eigenvalue weighted by Crippen LogP contribution is -2.36. The van der Waals surface area contributed by atoms with Crippen molar-refractivity contribution >= 4 is 5.91 Å². The molecule has 4 heteroatoms. The third kappa shape index (κ3) is 4.37. The molecule has 1 aromatic rings. The van der Waals surface area contributed by atoms with Crippen molar-refractivity contribution in [3.63, 3.8) is 0 Å². The number of hydrogen-bond acceptors (Lipinski definition) is 3. The largest absolute Gasteiger partial charge is 0.494 e. The maximum Gasteiger partial charge on any atom is 0.251 e. The number of nitrogens with one attached hydrogen (secondary N) is 1. The molecule has 1 amide bonds. The summed E-state index contributed by atoms with van der Waals surface area (Å²) in [5, 5.41) is 11.9. The molecule has 1 rings (SSSR count). The topological polar surface area (TPSA) is 58.6 Å². The molecule has 0 bridgehead atoms. The van der Waals surface area contributed by atoms with Gasteiger partial charge in [-0.1, -0.05) is 13.8 Å². The Bertz CT molecular complexity index is 385. The molecule has 4 nitrogen and oxygen atoms in total. The molecule has 0 aliphatic rings. The number of benzene rings is 1. The first kappa shape index (κ1) is 14.5. The fraction of sp³-hybridized carbons (Fsp3) is 0.500.